The number of aromatic nitrogens is 1. The largest absolute Gasteiger partial charge is 0.356 e. The van der Waals surface area contributed by atoms with Gasteiger partial charge in [0.05, 0.1) is 5.69 Å². The van der Waals surface area contributed by atoms with Gasteiger partial charge >= 0.3 is 0 Å². The Morgan fingerprint density at radius 3 is 2.83 bits per heavy atom. The Morgan fingerprint density at radius 2 is 2.25 bits per heavy atom. The third-order valence-corrected chi connectivity index (χ3v) is 2.15. The zero-order valence-electron chi connectivity index (χ0n) is 7.03. The molecule has 0 radical (unpaired) electrons. The zero-order chi connectivity index (χ0) is 8.39. The molecule has 2 heterocycles. The van der Waals surface area contributed by atoms with Crippen molar-refractivity contribution in [1.29, 1.82) is 0 Å². The molecule has 1 aliphatic heterocycles. The Hall–Kier alpha value is -1.31. The predicted octanol–water partition coefficient (Wildman–Crippen LogP) is 1.93. The van der Waals surface area contributed by atoms with E-state index < -0.39 is 0 Å². The van der Waals surface area contributed by atoms with Gasteiger partial charge in [0.1, 0.15) is 5.82 Å². The maximum Gasteiger partial charge on any atom is 0.129 e. The second-order valence-electron chi connectivity index (χ2n) is 2.97. The summed E-state index contributed by atoms with van der Waals surface area (Å²) >= 11 is 0. The summed E-state index contributed by atoms with van der Waals surface area (Å²) in [4.78, 5) is 6.69. The van der Waals surface area contributed by atoms with Crippen LogP contribution in [-0.2, 0) is 0 Å². The first-order chi connectivity index (χ1) is 5.90. The van der Waals surface area contributed by atoms with Crippen molar-refractivity contribution < 1.29 is 0 Å². The first kappa shape index (κ1) is 7.35. The lowest BCUT2D eigenvalue weighted by atomic mass is 10.2. The molecule has 1 aromatic heterocycles. The first-order valence-corrected chi connectivity index (χ1v) is 4.24. The highest BCUT2D eigenvalue weighted by molar-refractivity contribution is 5.49. The molecule has 0 bridgehead atoms. The molecule has 1 aliphatic rings. The van der Waals surface area contributed by atoms with Crippen LogP contribution in [0.2, 0.25) is 0 Å². The van der Waals surface area contributed by atoms with Gasteiger partial charge in [-0.05, 0) is 24.6 Å². The maximum absolute atomic E-state index is 4.42. The SMILES string of the molecule is C=Cc1cccc(N2CCC2)n1. The number of rotatable bonds is 2. The maximum atomic E-state index is 4.42. The number of hydrogen-bond donors (Lipinski definition) is 0. The average Bonchev–Trinajstić information content (AvgIpc) is 2.02. The van der Waals surface area contributed by atoms with Gasteiger partial charge in [0.15, 0.2) is 0 Å². The molecule has 2 rings (SSSR count). The molecule has 12 heavy (non-hydrogen) atoms. The fourth-order valence-corrected chi connectivity index (χ4v) is 1.27. The molecule has 0 atom stereocenters. The van der Waals surface area contributed by atoms with E-state index in [1.54, 1.807) is 6.08 Å². The molecule has 0 aromatic carbocycles. The molecular weight excluding hydrogens is 148 g/mol. The van der Waals surface area contributed by atoms with E-state index in [0.717, 1.165) is 24.6 Å². The minimum atomic E-state index is 0.958. The Morgan fingerprint density at radius 1 is 1.42 bits per heavy atom. The monoisotopic (exact) mass is 160 g/mol. The van der Waals surface area contributed by atoms with Crippen LogP contribution < -0.4 is 4.90 Å². The molecule has 0 N–H and O–H groups in total. The topological polar surface area (TPSA) is 16.1 Å². The van der Waals surface area contributed by atoms with Gasteiger partial charge in [0.2, 0.25) is 0 Å². The summed E-state index contributed by atoms with van der Waals surface area (Å²) < 4.78 is 0. The molecule has 2 heteroatoms. The van der Waals surface area contributed by atoms with E-state index in [9.17, 15) is 0 Å². The van der Waals surface area contributed by atoms with Crippen molar-refractivity contribution in [3.8, 4) is 0 Å². The van der Waals surface area contributed by atoms with Gasteiger partial charge < -0.3 is 4.90 Å². The highest BCUT2D eigenvalue weighted by Gasteiger charge is 2.14. The van der Waals surface area contributed by atoms with Gasteiger partial charge in [0.25, 0.3) is 0 Å². The molecule has 0 spiro atoms. The third-order valence-electron chi connectivity index (χ3n) is 2.15. The number of hydrogen-bond acceptors (Lipinski definition) is 2. The molecule has 0 saturated carbocycles. The van der Waals surface area contributed by atoms with Crippen molar-refractivity contribution >= 4 is 11.9 Å². The van der Waals surface area contributed by atoms with Crippen molar-refractivity contribution in [1.82, 2.24) is 4.98 Å². The zero-order valence-corrected chi connectivity index (χ0v) is 7.03. The van der Waals surface area contributed by atoms with Gasteiger partial charge in [0, 0.05) is 13.1 Å². The van der Waals surface area contributed by atoms with Gasteiger partial charge in [-0.25, -0.2) is 4.98 Å². The molecule has 0 amide bonds. The van der Waals surface area contributed by atoms with E-state index in [2.05, 4.69) is 16.5 Å². The Balaban J connectivity index is 2.25. The molecule has 0 aliphatic carbocycles. The number of pyridine rings is 1. The van der Waals surface area contributed by atoms with E-state index >= 15 is 0 Å². The highest BCUT2D eigenvalue weighted by Crippen LogP contribution is 2.17. The predicted molar refractivity (Wildman–Crippen MR) is 51.2 cm³/mol. The van der Waals surface area contributed by atoms with Crippen molar-refractivity contribution in [2.45, 2.75) is 6.42 Å². The molecular formula is C10H12N2. The fraction of sp³-hybridized carbons (Fsp3) is 0.300. The summed E-state index contributed by atoms with van der Waals surface area (Å²) in [6.07, 6.45) is 3.07. The molecule has 1 saturated heterocycles. The van der Waals surface area contributed by atoms with Crippen LogP contribution in [0.25, 0.3) is 6.08 Å². The van der Waals surface area contributed by atoms with Crippen LogP contribution in [0.4, 0.5) is 5.82 Å². The van der Waals surface area contributed by atoms with Crippen molar-refractivity contribution in [3.05, 3.63) is 30.5 Å². The van der Waals surface area contributed by atoms with Crippen LogP contribution in [-0.4, -0.2) is 18.1 Å². The van der Waals surface area contributed by atoms with Gasteiger partial charge in [-0.2, -0.15) is 0 Å². The number of anilines is 1. The molecule has 1 fully saturated rings. The van der Waals surface area contributed by atoms with Crippen LogP contribution in [0.5, 0.6) is 0 Å². The lowest BCUT2D eigenvalue weighted by Crippen LogP contribution is -2.37. The lowest BCUT2D eigenvalue weighted by Gasteiger charge is -2.32. The Bertz CT molecular complexity index is 290. The Labute approximate surface area is 72.5 Å². The highest BCUT2D eigenvalue weighted by atomic mass is 15.2. The summed E-state index contributed by atoms with van der Waals surface area (Å²) in [5.74, 6) is 1.08. The molecule has 62 valence electrons. The van der Waals surface area contributed by atoms with Crippen molar-refractivity contribution in [2.24, 2.45) is 0 Å². The summed E-state index contributed by atoms with van der Waals surface area (Å²) in [7, 11) is 0. The molecule has 0 unspecified atom stereocenters. The lowest BCUT2D eigenvalue weighted by molar-refractivity contribution is 0.609. The van der Waals surface area contributed by atoms with Crippen LogP contribution >= 0.6 is 0 Å². The summed E-state index contributed by atoms with van der Waals surface area (Å²) in [6.45, 7) is 5.99. The summed E-state index contributed by atoms with van der Waals surface area (Å²) in [5, 5.41) is 0. The first-order valence-electron chi connectivity index (χ1n) is 4.24. The van der Waals surface area contributed by atoms with E-state index in [0.29, 0.717) is 0 Å². The van der Waals surface area contributed by atoms with Gasteiger partial charge in [-0.1, -0.05) is 12.6 Å². The van der Waals surface area contributed by atoms with Crippen LogP contribution in [0, 0.1) is 0 Å². The average molecular weight is 160 g/mol. The normalized spacial score (nSPS) is 15.5. The van der Waals surface area contributed by atoms with Gasteiger partial charge in [-0.3, -0.25) is 0 Å². The van der Waals surface area contributed by atoms with Crippen LogP contribution in [0.3, 0.4) is 0 Å². The van der Waals surface area contributed by atoms with E-state index in [1.807, 2.05) is 18.2 Å². The third kappa shape index (κ3) is 1.20. The van der Waals surface area contributed by atoms with E-state index in [1.165, 1.54) is 6.42 Å². The number of nitrogens with zero attached hydrogens (tertiary/aromatic N) is 2. The van der Waals surface area contributed by atoms with Crippen molar-refractivity contribution in [2.75, 3.05) is 18.0 Å². The van der Waals surface area contributed by atoms with Gasteiger partial charge in [-0.15, -0.1) is 0 Å². The van der Waals surface area contributed by atoms with Crippen LogP contribution in [0.1, 0.15) is 12.1 Å². The standard InChI is InChI=1S/C10H12N2/c1-2-9-5-3-6-10(11-9)12-7-4-8-12/h2-3,5-6H,1,4,7-8H2. The summed E-state index contributed by atoms with van der Waals surface area (Å²) in [5.41, 5.74) is 0.958. The second-order valence-corrected chi connectivity index (χ2v) is 2.97. The quantitative estimate of drug-likeness (QED) is 0.657. The fourth-order valence-electron chi connectivity index (χ4n) is 1.27. The minimum Gasteiger partial charge on any atom is -0.356 e. The van der Waals surface area contributed by atoms with E-state index in [-0.39, 0.29) is 0 Å². The summed E-state index contributed by atoms with van der Waals surface area (Å²) in [6, 6.07) is 6.04. The van der Waals surface area contributed by atoms with E-state index in [4.69, 9.17) is 0 Å². The smallest absolute Gasteiger partial charge is 0.129 e. The molecule has 1 aromatic rings. The van der Waals surface area contributed by atoms with Crippen LogP contribution in [0.15, 0.2) is 24.8 Å². The second kappa shape index (κ2) is 2.97. The van der Waals surface area contributed by atoms with Crippen molar-refractivity contribution in [3.63, 3.8) is 0 Å². The molecule has 2 nitrogen and oxygen atoms in total. The minimum absolute atomic E-state index is 0.958. The Kier molecular flexibility index (Phi) is 1.82.